The molecule has 0 aliphatic rings. The molecule has 0 saturated carbocycles. The minimum Gasteiger partial charge on any atom is -0.351 e. The van der Waals surface area contributed by atoms with Crippen molar-refractivity contribution in [2.45, 2.75) is 44.6 Å². The molecule has 0 amide bonds. The van der Waals surface area contributed by atoms with E-state index in [1.807, 2.05) is 4.90 Å². The van der Waals surface area contributed by atoms with Gasteiger partial charge in [-0.25, -0.2) is 9.97 Å². The van der Waals surface area contributed by atoms with Crippen LogP contribution in [0.2, 0.25) is 0 Å². The molecule has 1 aromatic heterocycles. The van der Waals surface area contributed by atoms with Crippen LogP contribution in [0.1, 0.15) is 39.5 Å². The van der Waals surface area contributed by atoms with Gasteiger partial charge in [-0.3, -0.25) is 10.1 Å². The van der Waals surface area contributed by atoms with Gasteiger partial charge in [0.15, 0.2) is 5.03 Å². The van der Waals surface area contributed by atoms with E-state index in [0.29, 0.717) is 5.82 Å². The first kappa shape index (κ1) is 15.7. The molecule has 0 saturated heterocycles. The molecule has 0 atom stereocenters. The summed E-state index contributed by atoms with van der Waals surface area (Å²) in [5.41, 5.74) is -0.0990. The molecule has 19 heavy (non-hydrogen) atoms. The van der Waals surface area contributed by atoms with Crippen LogP contribution < -0.4 is 4.90 Å². The van der Waals surface area contributed by atoms with E-state index < -0.39 is 4.92 Å². The van der Waals surface area contributed by atoms with E-state index in [9.17, 15) is 10.1 Å². The van der Waals surface area contributed by atoms with Crippen LogP contribution in [0.25, 0.3) is 0 Å². The Labute approximate surface area is 118 Å². The molecule has 0 radical (unpaired) electrons. The summed E-state index contributed by atoms with van der Waals surface area (Å²) in [7, 11) is 0. The van der Waals surface area contributed by atoms with Gasteiger partial charge in [0.25, 0.3) is 0 Å². The van der Waals surface area contributed by atoms with Gasteiger partial charge >= 0.3 is 5.69 Å². The maximum absolute atomic E-state index is 11.1. The third-order valence-corrected chi connectivity index (χ3v) is 3.16. The number of rotatable bonds is 8. The number of hydrogen-bond acceptors (Lipinski definition) is 6. The molecule has 0 aliphatic carbocycles. The Hall–Kier alpha value is -1.37. The first-order valence-corrected chi connectivity index (χ1v) is 6.99. The average Bonchev–Trinajstić information content (AvgIpc) is 2.38. The summed E-state index contributed by atoms with van der Waals surface area (Å²) in [4.78, 5) is 20.5. The summed E-state index contributed by atoms with van der Waals surface area (Å²) < 4.78 is 0. The summed E-state index contributed by atoms with van der Waals surface area (Å²) in [6.07, 6.45) is 5.36. The molecule has 1 rings (SSSR count). The predicted molar refractivity (Wildman–Crippen MR) is 78.0 cm³/mol. The van der Waals surface area contributed by atoms with Crippen molar-refractivity contribution in [2.24, 2.45) is 0 Å². The number of thiol groups is 1. The Morgan fingerprint density at radius 2 is 1.84 bits per heavy atom. The highest BCUT2D eigenvalue weighted by molar-refractivity contribution is 7.80. The molecule has 1 heterocycles. The molecule has 0 aliphatic heterocycles. The number of unbranched alkanes of at least 4 members (excludes halogenated alkanes) is 2. The fraction of sp³-hybridized carbons (Fsp3) is 0.667. The Balaban J connectivity index is 3.06. The smallest absolute Gasteiger partial charge is 0.343 e. The third kappa shape index (κ3) is 4.34. The fourth-order valence-electron chi connectivity index (χ4n) is 1.78. The van der Waals surface area contributed by atoms with E-state index in [1.54, 1.807) is 0 Å². The maximum Gasteiger partial charge on any atom is 0.343 e. The second-order valence-corrected chi connectivity index (χ2v) is 4.74. The molecule has 0 N–H and O–H groups in total. The molecule has 7 heteroatoms. The molecular formula is C12H20N4O2S. The van der Waals surface area contributed by atoms with Gasteiger partial charge < -0.3 is 4.90 Å². The van der Waals surface area contributed by atoms with Gasteiger partial charge in [-0.15, -0.1) is 12.6 Å². The summed E-state index contributed by atoms with van der Waals surface area (Å²) in [6.45, 7) is 5.72. The van der Waals surface area contributed by atoms with Crippen molar-refractivity contribution >= 4 is 24.1 Å². The third-order valence-electron chi connectivity index (χ3n) is 2.83. The van der Waals surface area contributed by atoms with Gasteiger partial charge in [0.2, 0.25) is 5.82 Å². The highest BCUT2D eigenvalue weighted by Gasteiger charge is 2.24. The lowest BCUT2D eigenvalue weighted by atomic mass is 10.2. The molecule has 0 aromatic carbocycles. The second-order valence-electron chi connectivity index (χ2n) is 4.32. The van der Waals surface area contributed by atoms with Gasteiger partial charge in [0.1, 0.15) is 6.33 Å². The molecule has 1 aromatic rings. The monoisotopic (exact) mass is 284 g/mol. The van der Waals surface area contributed by atoms with Crippen LogP contribution in [0.3, 0.4) is 0 Å². The standard InChI is InChI=1S/C12H20N4O2S/c1-3-5-7-15(8-6-4-2)11-10(16(17)18)12(19)14-9-13-11/h9H,3-8H2,1-2H3,(H,13,14,19). The van der Waals surface area contributed by atoms with Crippen molar-refractivity contribution in [1.29, 1.82) is 0 Å². The Morgan fingerprint density at radius 3 is 2.32 bits per heavy atom. The first-order valence-electron chi connectivity index (χ1n) is 6.55. The van der Waals surface area contributed by atoms with Crippen molar-refractivity contribution in [3.05, 3.63) is 16.4 Å². The summed E-state index contributed by atoms with van der Waals surface area (Å²) in [6, 6.07) is 0. The van der Waals surface area contributed by atoms with Crippen LogP contribution in [0.5, 0.6) is 0 Å². The van der Waals surface area contributed by atoms with Crippen molar-refractivity contribution in [3.63, 3.8) is 0 Å². The lowest BCUT2D eigenvalue weighted by Gasteiger charge is -2.23. The van der Waals surface area contributed by atoms with E-state index in [-0.39, 0.29) is 10.7 Å². The van der Waals surface area contributed by atoms with E-state index in [0.717, 1.165) is 38.8 Å². The van der Waals surface area contributed by atoms with E-state index >= 15 is 0 Å². The van der Waals surface area contributed by atoms with Crippen molar-refractivity contribution in [1.82, 2.24) is 9.97 Å². The summed E-state index contributed by atoms with van der Waals surface area (Å²) in [5.74, 6) is 0.381. The molecule has 0 fully saturated rings. The number of anilines is 1. The largest absolute Gasteiger partial charge is 0.351 e. The zero-order chi connectivity index (χ0) is 14.3. The molecule has 6 nitrogen and oxygen atoms in total. The van der Waals surface area contributed by atoms with Gasteiger partial charge in [-0.1, -0.05) is 26.7 Å². The number of aromatic nitrogens is 2. The zero-order valence-corrected chi connectivity index (χ0v) is 12.3. The van der Waals surface area contributed by atoms with Crippen LogP contribution in [-0.2, 0) is 0 Å². The summed E-state index contributed by atoms with van der Waals surface area (Å²) in [5, 5.41) is 11.3. The number of nitrogens with zero attached hydrogens (tertiary/aromatic N) is 4. The van der Waals surface area contributed by atoms with Crippen molar-refractivity contribution < 1.29 is 4.92 Å². The van der Waals surface area contributed by atoms with E-state index in [1.165, 1.54) is 6.33 Å². The number of nitro groups is 1. The summed E-state index contributed by atoms with van der Waals surface area (Å²) >= 11 is 4.06. The topological polar surface area (TPSA) is 72.2 Å². The molecule has 0 spiro atoms. The molecular weight excluding hydrogens is 264 g/mol. The normalized spacial score (nSPS) is 10.5. The van der Waals surface area contributed by atoms with Crippen molar-refractivity contribution in [3.8, 4) is 0 Å². The lowest BCUT2D eigenvalue weighted by molar-refractivity contribution is -0.387. The van der Waals surface area contributed by atoms with Crippen LogP contribution in [0.15, 0.2) is 11.4 Å². The number of hydrogen-bond donors (Lipinski definition) is 1. The van der Waals surface area contributed by atoms with Crippen LogP contribution in [0, 0.1) is 10.1 Å². The van der Waals surface area contributed by atoms with Crippen LogP contribution >= 0.6 is 12.6 Å². The van der Waals surface area contributed by atoms with E-state index in [4.69, 9.17) is 0 Å². The highest BCUT2D eigenvalue weighted by atomic mass is 32.1. The van der Waals surface area contributed by atoms with Crippen LogP contribution in [-0.4, -0.2) is 28.0 Å². The fourth-order valence-corrected chi connectivity index (χ4v) is 2.01. The minimum absolute atomic E-state index is 0.0990. The molecule has 106 valence electrons. The maximum atomic E-state index is 11.1. The van der Waals surface area contributed by atoms with Gasteiger partial charge in [-0.05, 0) is 12.8 Å². The predicted octanol–water partition coefficient (Wildman–Crippen LogP) is 3.08. The quantitative estimate of drug-likeness (QED) is 0.344. The van der Waals surface area contributed by atoms with Gasteiger partial charge in [0.05, 0.1) is 4.92 Å². The highest BCUT2D eigenvalue weighted by Crippen LogP contribution is 2.30. The Kier molecular flexibility index (Phi) is 6.55. The first-order chi connectivity index (χ1) is 9.11. The minimum atomic E-state index is -0.456. The average molecular weight is 284 g/mol. The second kappa shape index (κ2) is 7.93. The van der Waals surface area contributed by atoms with Crippen LogP contribution in [0.4, 0.5) is 11.5 Å². The van der Waals surface area contributed by atoms with Gasteiger partial charge in [-0.2, -0.15) is 0 Å². The lowest BCUT2D eigenvalue weighted by Crippen LogP contribution is -2.27. The SMILES string of the molecule is CCCCN(CCCC)c1ncnc(S)c1[N+](=O)[O-]. The Bertz CT molecular complexity index is 420. The van der Waals surface area contributed by atoms with Gasteiger partial charge in [0, 0.05) is 13.1 Å². The zero-order valence-electron chi connectivity index (χ0n) is 11.4. The Morgan fingerprint density at radius 1 is 1.26 bits per heavy atom. The molecule has 0 unspecified atom stereocenters. The van der Waals surface area contributed by atoms with Crippen molar-refractivity contribution in [2.75, 3.05) is 18.0 Å². The molecule has 0 bridgehead atoms. The van der Waals surface area contributed by atoms with E-state index in [2.05, 4.69) is 36.4 Å².